The van der Waals surface area contributed by atoms with Crippen molar-refractivity contribution in [1.82, 2.24) is 0 Å². The molecular formula is C8H18Bi. The quantitative estimate of drug-likeness (QED) is 0.520. The molecule has 0 aliphatic carbocycles. The van der Waals surface area contributed by atoms with Crippen LogP contribution in [0.25, 0.3) is 0 Å². The van der Waals surface area contributed by atoms with Gasteiger partial charge in [-0.25, -0.2) is 0 Å². The van der Waals surface area contributed by atoms with E-state index in [0.29, 0.717) is 0 Å². The fraction of sp³-hybridized carbons (Fsp3) is 1.00. The van der Waals surface area contributed by atoms with Gasteiger partial charge >= 0.3 is 71.0 Å². The second kappa shape index (κ2) is 8.88. The Labute approximate surface area is 71.0 Å². The maximum atomic E-state index is 2.34. The summed E-state index contributed by atoms with van der Waals surface area (Å²) >= 11 is 0.0816. The van der Waals surface area contributed by atoms with Crippen LogP contribution in [0.3, 0.4) is 0 Å². The topological polar surface area (TPSA) is 0 Å². The van der Waals surface area contributed by atoms with Crippen LogP contribution < -0.4 is 0 Å². The predicted molar refractivity (Wildman–Crippen MR) is 45.2 cm³/mol. The molecule has 0 fully saturated rings. The molecule has 0 aliphatic rings. The molecule has 0 saturated carbocycles. The Morgan fingerprint density at radius 2 is 1.78 bits per heavy atom. The third-order valence-electron chi connectivity index (χ3n) is 1.39. The molecule has 0 aromatic heterocycles. The van der Waals surface area contributed by atoms with Crippen LogP contribution in [-0.4, -0.2) is 23.2 Å². The van der Waals surface area contributed by atoms with Crippen molar-refractivity contribution in [2.24, 2.45) is 0 Å². The van der Waals surface area contributed by atoms with Gasteiger partial charge in [0.25, 0.3) is 0 Å². The molecule has 0 rings (SSSR count). The Morgan fingerprint density at radius 1 is 1.00 bits per heavy atom. The summed E-state index contributed by atoms with van der Waals surface area (Å²) in [4.78, 5) is 0. The molecule has 0 aromatic rings. The Morgan fingerprint density at radius 3 is 2.33 bits per heavy atom. The van der Waals surface area contributed by atoms with Crippen molar-refractivity contribution in [2.45, 2.75) is 47.8 Å². The van der Waals surface area contributed by atoms with E-state index < -0.39 is 0 Å². The van der Waals surface area contributed by atoms with Gasteiger partial charge in [0.05, 0.1) is 0 Å². The number of rotatable bonds is 6. The molecule has 1 heteroatoms. The van der Waals surface area contributed by atoms with Gasteiger partial charge in [-0.2, -0.15) is 0 Å². The van der Waals surface area contributed by atoms with Crippen LogP contribution in [0, 0.1) is 0 Å². The van der Waals surface area contributed by atoms with Gasteiger partial charge in [0, 0.05) is 0 Å². The van der Waals surface area contributed by atoms with E-state index in [9.17, 15) is 0 Å². The molecule has 0 unspecified atom stereocenters. The van der Waals surface area contributed by atoms with Gasteiger partial charge in [-0.1, -0.05) is 0 Å². The molecule has 1 radical (unpaired) electrons. The molecule has 0 aromatic carbocycles. The van der Waals surface area contributed by atoms with E-state index in [1.807, 2.05) is 0 Å². The molecule has 0 amide bonds. The number of hydrogen-bond acceptors (Lipinski definition) is 0. The molecule has 0 aliphatic heterocycles. The molecule has 9 heavy (non-hydrogen) atoms. The minimum atomic E-state index is 0.0816. The van der Waals surface area contributed by atoms with Crippen LogP contribution in [0.2, 0.25) is 8.26 Å². The first-order chi connectivity index (χ1) is 4.41. The Bertz CT molecular complexity index is 37.8. The molecular weight excluding hydrogens is 305 g/mol. The zero-order valence-electron chi connectivity index (χ0n) is 6.69. The van der Waals surface area contributed by atoms with Crippen molar-refractivity contribution in [3.63, 3.8) is 0 Å². The van der Waals surface area contributed by atoms with E-state index in [2.05, 4.69) is 13.8 Å². The number of unbranched alkanes of at least 4 members (excludes halogenated alkanes) is 3. The summed E-state index contributed by atoms with van der Waals surface area (Å²) in [6.45, 7) is 4.62. The molecule has 0 atom stereocenters. The summed E-state index contributed by atoms with van der Waals surface area (Å²) in [7, 11) is 0. The van der Waals surface area contributed by atoms with Crippen LogP contribution in [0.4, 0.5) is 0 Å². The van der Waals surface area contributed by atoms with Gasteiger partial charge in [-0.15, -0.1) is 0 Å². The zero-order valence-corrected chi connectivity index (χ0v) is 10.2. The maximum absolute atomic E-state index is 2.34. The van der Waals surface area contributed by atoms with Crippen LogP contribution >= 0.6 is 0 Å². The molecule has 0 spiro atoms. The van der Waals surface area contributed by atoms with Crippen molar-refractivity contribution < 1.29 is 0 Å². The van der Waals surface area contributed by atoms with E-state index in [1.54, 1.807) is 14.7 Å². The summed E-state index contributed by atoms with van der Waals surface area (Å²) in [6, 6.07) is 0. The van der Waals surface area contributed by atoms with Gasteiger partial charge in [-0.3, -0.25) is 0 Å². The third kappa shape index (κ3) is 8.88. The summed E-state index contributed by atoms with van der Waals surface area (Å²) in [5, 5.41) is 0. The average molecular weight is 323 g/mol. The van der Waals surface area contributed by atoms with Crippen molar-refractivity contribution in [3.05, 3.63) is 0 Å². The monoisotopic (exact) mass is 323 g/mol. The molecule has 0 bridgehead atoms. The first-order valence-corrected chi connectivity index (χ1v) is 8.96. The fourth-order valence-corrected chi connectivity index (χ4v) is 3.78. The van der Waals surface area contributed by atoms with E-state index in [-0.39, 0.29) is 23.2 Å². The Kier molecular flexibility index (Phi) is 9.75. The van der Waals surface area contributed by atoms with Crippen molar-refractivity contribution in [2.75, 3.05) is 0 Å². The van der Waals surface area contributed by atoms with Crippen LogP contribution in [0.5, 0.6) is 0 Å². The minimum absolute atomic E-state index is 0.0816. The van der Waals surface area contributed by atoms with Crippen LogP contribution in [0.1, 0.15) is 39.5 Å². The molecule has 0 heterocycles. The van der Waals surface area contributed by atoms with Gasteiger partial charge in [0.2, 0.25) is 0 Å². The number of hydrogen-bond donors (Lipinski definition) is 0. The first kappa shape index (κ1) is 9.88. The van der Waals surface area contributed by atoms with Crippen molar-refractivity contribution in [3.8, 4) is 0 Å². The molecule has 0 nitrogen and oxygen atoms in total. The standard InChI is InChI=1S/C6H13.C2H5.Bi/c1-3-5-6-4-2;1-2;/h1,3-6H2,2H3;1H2,2H3;. The van der Waals surface area contributed by atoms with Gasteiger partial charge < -0.3 is 0 Å². The van der Waals surface area contributed by atoms with Gasteiger partial charge in [0.1, 0.15) is 0 Å². The van der Waals surface area contributed by atoms with E-state index in [1.165, 1.54) is 19.3 Å². The van der Waals surface area contributed by atoms with Crippen molar-refractivity contribution in [1.29, 1.82) is 0 Å². The van der Waals surface area contributed by atoms with Crippen molar-refractivity contribution >= 4 is 23.2 Å². The third-order valence-corrected chi connectivity index (χ3v) is 5.59. The summed E-state index contributed by atoms with van der Waals surface area (Å²) in [5.74, 6) is 0. The molecule has 0 saturated heterocycles. The SMILES string of the molecule is CCCCC[CH2][Bi][CH2]C. The van der Waals surface area contributed by atoms with E-state index in [4.69, 9.17) is 0 Å². The summed E-state index contributed by atoms with van der Waals surface area (Å²) in [6.07, 6.45) is 5.89. The predicted octanol–water partition coefficient (Wildman–Crippen LogP) is 3.13. The van der Waals surface area contributed by atoms with Crippen LogP contribution in [0.15, 0.2) is 0 Å². The molecule has 0 N–H and O–H groups in total. The first-order valence-electron chi connectivity index (χ1n) is 4.05. The van der Waals surface area contributed by atoms with Gasteiger partial charge in [-0.05, 0) is 0 Å². The Balaban J connectivity index is 2.60. The van der Waals surface area contributed by atoms with E-state index in [0.717, 1.165) is 0 Å². The average Bonchev–Trinajstić information content (AvgIpc) is 1.89. The summed E-state index contributed by atoms with van der Waals surface area (Å²) in [5.41, 5.74) is 0. The van der Waals surface area contributed by atoms with E-state index >= 15 is 0 Å². The van der Waals surface area contributed by atoms with Crippen LogP contribution in [-0.2, 0) is 0 Å². The zero-order chi connectivity index (χ0) is 6.95. The fourth-order valence-electron chi connectivity index (χ4n) is 0.808. The summed E-state index contributed by atoms with van der Waals surface area (Å²) < 4.78 is 3.18. The Hall–Kier alpha value is 0.883. The van der Waals surface area contributed by atoms with Gasteiger partial charge in [0.15, 0.2) is 0 Å². The second-order valence-corrected chi connectivity index (χ2v) is 8.26. The normalized spacial score (nSPS) is 10.0. The second-order valence-electron chi connectivity index (χ2n) is 2.32. The molecule has 55 valence electrons.